The summed E-state index contributed by atoms with van der Waals surface area (Å²) in [5.74, 6) is 0.119. The van der Waals surface area contributed by atoms with Crippen molar-refractivity contribution in [2.75, 3.05) is 13.2 Å². The van der Waals surface area contributed by atoms with Crippen LogP contribution in [0.15, 0.2) is 12.4 Å². The smallest absolute Gasteiger partial charge is 0.255 e. The number of thiazole rings is 1. The third kappa shape index (κ3) is 2.73. The highest BCUT2D eigenvalue weighted by atomic mass is 32.1. The van der Waals surface area contributed by atoms with Gasteiger partial charge >= 0.3 is 0 Å². The Balaban J connectivity index is 1.66. The molecule has 1 fully saturated rings. The molecule has 1 saturated heterocycles. The van der Waals surface area contributed by atoms with Crippen molar-refractivity contribution >= 4 is 17.2 Å². The van der Waals surface area contributed by atoms with E-state index in [1.54, 1.807) is 17.5 Å². The number of carbonyl (C=O) groups excluding carboxylic acids is 1. The van der Waals surface area contributed by atoms with Crippen molar-refractivity contribution in [3.05, 3.63) is 33.5 Å². The van der Waals surface area contributed by atoms with Crippen molar-refractivity contribution in [2.24, 2.45) is 0 Å². The molecule has 1 amide bonds. The first kappa shape index (κ1) is 13.3. The summed E-state index contributed by atoms with van der Waals surface area (Å²) in [5.41, 5.74) is 1.48. The van der Waals surface area contributed by atoms with Crippen LogP contribution in [0.5, 0.6) is 0 Å². The van der Waals surface area contributed by atoms with E-state index in [1.165, 1.54) is 0 Å². The predicted molar refractivity (Wildman–Crippen MR) is 74.8 cm³/mol. The third-order valence-electron chi connectivity index (χ3n) is 3.32. The molecule has 1 aliphatic rings. The summed E-state index contributed by atoms with van der Waals surface area (Å²) in [6, 6.07) is 0. The van der Waals surface area contributed by atoms with Gasteiger partial charge in [0, 0.05) is 23.6 Å². The molecular weight excluding hydrogens is 276 g/mol. The van der Waals surface area contributed by atoms with Gasteiger partial charge in [0.1, 0.15) is 5.01 Å². The molecule has 6 nitrogen and oxygen atoms in total. The van der Waals surface area contributed by atoms with E-state index in [0.29, 0.717) is 18.7 Å². The third-order valence-corrected chi connectivity index (χ3v) is 4.23. The molecule has 3 heterocycles. The maximum absolute atomic E-state index is 12.2. The molecule has 7 heteroatoms. The molecule has 1 atom stereocenters. The first-order valence-corrected chi connectivity index (χ1v) is 7.36. The van der Waals surface area contributed by atoms with Gasteiger partial charge in [-0.1, -0.05) is 0 Å². The van der Waals surface area contributed by atoms with Crippen LogP contribution in [0.25, 0.3) is 0 Å². The Labute approximate surface area is 120 Å². The molecule has 0 saturated carbocycles. The lowest BCUT2D eigenvalue weighted by molar-refractivity contribution is 0.0949. The van der Waals surface area contributed by atoms with Crippen molar-refractivity contribution in [1.82, 2.24) is 20.5 Å². The zero-order chi connectivity index (χ0) is 13.9. The summed E-state index contributed by atoms with van der Waals surface area (Å²) in [5, 5.41) is 10.7. The van der Waals surface area contributed by atoms with E-state index < -0.39 is 0 Å². The zero-order valence-corrected chi connectivity index (χ0v) is 12.0. The molecule has 3 rings (SSSR count). The summed E-state index contributed by atoms with van der Waals surface area (Å²) >= 11 is 1.59. The highest BCUT2D eigenvalue weighted by Crippen LogP contribution is 2.26. The van der Waals surface area contributed by atoms with E-state index in [9.17, 15) is 4.79 Å². The Morgan fingerprint density at radius 1 is 1.60 bits per heavy atom. The van der Waals surface area contributed by atoms with Gasteiger partial charge in [-0.05, 0) is 13.3 Å². The number of aromatic amines is 1. The molecule has 0 unspecified atom stereocenters. The van der Waals surface area contributed by atoms with Gasteiger partial charge in [0.2, 0.25) is 0 Å². The van der Waals surface area contributed by atoms with E-state index in [1.807, 2.05) is 13.1 Å². The van der Waals surface area contributed by atoms with Crippen molar-refractivity contribution in [3.8, 4) is 0 Å². The number of nitrogens with zero attached hydrogens (tertiary/aromatic N) is 2. The number of carbonyl (C=O) groups is 1. The Morgan fingerprint density at radius 2 is 2.50 bits per heavy atom. The lowest BCUT2D eigenvalue weighted by Gasteiger charge is -2.08. The van der Waals surface area contributed by atoms with Gasteiger partial charge < -0.3 is 10.1 Å². The molecular formula is C13H16N4O2S. The first-order chi connectivity index (χ1) is 9.74. The lowest BCUT2D eigenvalue weighted by Crippen LogP contribution is -2.24. The minimum absolute atomic E-state index is 0.117. The number of aromatic nitrogens is 3. The number of H-pyrrole nitrogens is 1. The zero-order valence-electron chi connectivity index (χ0n) is 11.2. The second-order valence-corrected chi connectivity index (χ2v) is 6.12. The second-order valence-electron chi connectivity index (χ2n) is 4.81. The van der Waals surface area contributed by atoms with Gasteiger partial charge in [-0.25, -0.2) is 4.98 Å². The molecule has 1 aliphatic heterocycles. The number of rotatable bonds is 4. The van der Waals surface area contributed by atoms with Crippen LogP contribution in [0.2, 0.25) is 0 Å². The second kappa shape index (κ2) is 5.72. The van der Waals surface area contributed by atoms with E-state index in [4.69, 9.17) is 4.74 Å². The maximum Gasteiger partial charge on any atom is 0.255 e. The maximum atomic E-state index is 12.2. The summed E-state index contributed by atoms with van der Waals surface area (Å²) in [6.07, 6.45) is 4.32. The highest BCUT2D eigenvalue weighted by molar-refractivity contribution is 7.11. The summed E-state index contributed by atoms with van der Waals surface area (Å²) < 4.78 is 5.36. The van der Waals surface area contributed by atoms with Crippen LogP contribution in [0.4, 0.5) is 0 Å². The Kier molecular flexibility index (Phi) is 3.79. The average molecular weight is 292 g/mol. The number of nitrogens with one attached hydrogen (secondary N) is 2. The van der Waals surface area contributed by atoms with Crippen molar-refractivity contribution < 1.29 is 9.53 Å². The molecule has 20 heavy (non-hydrogen) atoms. The summed E-state index contributed by atoms with van der Waals surface area (Å²) in [7, 11) is 0. The van der Waals surface area contributed by atoms with Gasteiger partial charge in [-0.15, -0.1) is 11.3 Å². The van der Waals surface area contributed by atoms with E-state index in [2.05, 4.69) is 20.5 Å². The van der Waals surface area contributed by atoms with Gasteiger partial charge in [0.05, 0.1) is 30.6 Å². The molecule has 2 aromatic rings. The molecule has 106 valence electrons. The lowest BCUT2D eigenvalue weighted by atomic mass is 10.0. The van der Waals surface area contributed by atoms with Crippen LogP contribution in [0.1, 0.15) is 38.3 Å². The minimum Gasteiger partial charge on any atom is -0.381 e. The van der Waals surface area contributed by atoms with Crippen LogP contribution in [-0.4, -0.2) is 34.3 Å². The molecule has 0 spiro atoms. The van der Waals surface area contributed by atoms with Crippen LogP contribution in [0, 0.1) is 6.92 Å². The topological polar surface area (TPSA) is 79.9 Å². The molecule has 0 aromatic carbocycles. The molecule has 0 radical (unpaired) electrons. The Morgan fingerprint density at radius 3 is 3.20 bits per heavy atom. The molecule has 2 N–H and O–H groups in total. The van der Waals surface area contributed by atoms with Gasteiger partial charge in [-0.2, -0.15) is 5.10 Å². The number of aryl methyl sites for hydroxylation is 1. The van der Waals surface area contributed by atoms with Crippen molar-refractivity contribution in [2.45, 2.75) is 25.8 Å². The van der Waals surface area contributed by atoms with Gasteiger partial charge in [0.25, 0.3) is 5.91 Å². The fourth-order valence-electron chi connectivity index (χ4n) is 2.28. The van der Waals surface area contributed by atoms with Crippen LogP contribution >= 0.6 is 11.3 Å². The molecule has 0 aliphatic carbocycles. The van der Waals surface area contributed by atoms with Crippen LogP contribution < -0.4 is 5.32 Å². The predicted octanol–water partition coefficient (Wildman–Crippen LogP) is 1.61. The largest absolute Gasteiger partial charge is 0.381 e. The molecule has 2 aromatic heterocycles. The standard InChI is InChI=1S/C13H16N4O2S/c1-8-4-14-11(20-8)6-15-13(18)10-5-16-17-12(10)9-2-3-19-7-9/h4-5,9H,2-3,6-7H2,1H3,(H,15,18)(H,16,17)/t9-/m0/s1. The first-order valence-electron chi connectivity index (χ1n) is 6.54. The highest BCUT2D eigenvalue weighted by Gasteiger charge is 2.25. The number of hydrogen-bond donors (Lipinski definition) is 2. The minimum atomic E-state index is -0.117. The van der Waals surface area contributed by atoms with Crippen LogP contribution in [0.3, 0.4) is 0 Å². The van der Waals surface area contributed by atoms with E-state index in [0.717, 1.165) is 28.6 Å². The fourth-order valence-corrected chi connectivity index (χ4v) is 3.01. The Hall–Kier alpha value is -1.73. The number of amides is 1. The summed E-state index contributed by atoms with van der Waals surface area (Å²) in [6.45, 7) is 3.83. The van der Waals surface area contributed by atoms with E-state index in [-0.39, 0.29) is 11.8 Å². The average Bonchev–Trinajstić information content (AvgIpc) is 3.16. The molecule has 0 bridgehead atoms. The van der Waals surface area contributed by atoms with Gasteiger partial charge in [0.15, 0.2) is 0 Å². The van der Waals surface area contributed by atoms with Crippen molar-refractivity contribution in [3.63, 3.8) is 0 Å². The summed E-state index contributed by atoms with van der Waals surface area (Å²) in [4.78, 5) is 17.6. The van der Waals surface area contributed by atoms with Crippen LogP contribution in [-0.2, 0) is 11.3 Å². The fraction of sp³-hybridized carbons (Fsp3) is 0.462. The quantitative estimate of drug-likeness (QED) is 0.897. The number of ether oxygens (including phenoxy) is 1. The number of hydrogen-bond acceptors (Lipinski definition) is 5. The monoisotopic (exact) mass is 292 g/mol. The van der Waals surface area contributed by atoms with Gasteiger partial charge in [-0.3, -0.25) is 9.89 Å². The SMILES string of the molecule is Cc1cnc(CNC(=O)c2cn[nH]c2[C@H]2CCOC2)s1. The van der Waals surface area contributed by atoms with Crippen molar-refractivity contribution in [1.29, 1.82) is 0 Å². The Bertz CT molecular complexity index is 601. The van der Waals surface area contributed by atoms with E-state index >= 15 is 0 Å². The normalized spacial score (nSPS) is 18.4.